The van der Waals surface area contributed by atoms with Gasteiger partial charge in [0, 0.05) is 11.6 Å². The van der Waals surface area contributed by atoms with Crippen LogP contribution in [0.5, 0.6) is 5.88 Å². The summed E-state index contributed by atoms with van der Waals surface area (Å²) in [5.41, 5.74) is 0.249. The molecule has 68 valence electrons. The van der Waals surface area contributed by atoms with Gasteiger partial charge in [0.15, 0.2) is 5.88 Å². The quantitative estimate of drug-likeness (QED) is 0.520. The van der Waals surface area contributed by atoms with Gasteiger partial charge in [0.25, 0.3) is 11.5 Å². The van der Waals surface area contributed by atoms with E-state index in [1.165, 1.54) is 6.07 Å². The number of hydrogen-bond acceptors (Lipinski definition) is 3. The lowest BCUT2D eigenvalue weighted by atomic mass is 10.1. The first-order valence-electron chi connectivity index (χ1n) is 3.86. The van der Waals surface area contributed by atoms with Crippen molar-refractivity contribution >= 4 is 5.91 Å². The van der Waals surface area contributed by atoms with E-state index in [4.69, 9.17) is 0 Å². The van der Waals surface area contributed by atoms with Crippen molar-refractivity contribution in [2.24, 2.45) is 0 Å². The topological polar surface area (TPSA) is 82.2 Å². The Morgan fingerprint density at radius 1 is 1.46 bits per heavy atom. The number of pyridine rings is 1. The van der Waals surface area contributed by atoms with Gasteiger partial charge in [-0.15, -0.1) is 0 Å². The minimum atomic E-state index is -0.472. The normalized spacial score (nSPS) is 19.8. The number of aromatic hydroxyl groups is 1. The molecule has 1 atom stereocenters. The number of aromatic amines is 1. The van der Waals surface area contributed by atoms with E-state index in [0.29, 0.717) is 5.56 Å². The molecular weight excluding hydrogens is 172 g/mol. The number of carbonyl (C=O) groups is 1. The lowest BCUT2D eigenvalue weighted by Crippen LogP contribution is -2.16. The van der Waals surface area contributed by atoms with Gasteiger partial charge in [0.2, 0.25) is 0 Å². The van der Waals surface area contributed by atoms with Crippen LogP contribution < -0.4 is 10.9 Å². The molecule has 0 aromatic carbocycles. The molecule has 5 heteroatoms. The first kappa shape index (κ1) is 7.85. The van der Waals surface area contributed by atoms with Gasteiger partial charge >= 0.3 is 0 Å². The molecule has 0 fully saturated rings. The van der Waals surface area contributed by atoms with Crippen LogP contribution in [-0.2, 0) is 0 Å². The first-order valence-corrected chi connectivity index (χ1v) is 3.86. The Balaban J connectivity index is 2.77. The molecular formula is C8H8N2O3. The molecule has 1 aliphatic rings. The summed E-state index contributed by atoms with van der Waals surface area (Å²) in [5.74, 6) is -0.544. The number of amides is 1. The lowest BCUT2D eigenvalue weighted by Gasteiger charge is -2.04. The average Bonchev–Trinajstić information content (AvgIpc) is 2.27. The minimum Gasteiger partial charge on any atom is -0.494 e. The molecule has 2 heterocycles. The van der Waals surface area contributed by atoms with Gasteiger partial charge in [0.05, 0.1) is 11.6 Å². The van der Waals surface area contributed by atoms with Crippen molar-refractivity contribution in [1.29, 1.82) is 0 Å². The van der Waals surface area contributed by atoms with Crippen molar-refractivity contribution in [2.75, 3.05) is 0 Å². The van der Waals surface area contributed by atoms with E-state index in [9.17, 15) is 14.7 Å². The number of carbonyl (C=O) groups excluding carboxylic acids is 1. The zero-order valence-electron chi connectivity index (χ0n) is 6.92. The molecule has 0 spiro atoms. The van der Waals surface area contributed by atoms with Crippen molar-refractivity contribution in [2.45, 2.75) is 13.0 Å². The molecule has 0 bridgehead atoms. The van der Waals surface area contributed by atoms with E-state index in [2.05, 4.69) is 10.3 Å². The molecule has 13 heavy (non-hydrogen) atoms. The molecule has 2 rings (SSSR count). The molecule has 0 radical (unpaired) electrons. The van der Waals surface area contributed by atoms with Crippen molar-refractivity contribution in [3.05, 3.63) is 27.5 Å². The SMILES string of the molecule is CC1NC(=O)c2cc(=O)[nH]c(O)c21. The second-order valence-corrected chi connectivity index (χ2v) is 3.00. The fourth-order valence-corrected chi connectivity index (χ4v) is 1.53. The number of H-pyrrole nitrogens is 1. The summed E-state index contributed by atoms with van der Waals surface area (Å²) in [6.07, 6.45) is 0. The van der Waals surface area contributed by atoms with Crippen molar-refractivity contribution < 1.29 is 9.90 Å². The van der Waals surface area contributed by atoms with Crippen molar-refractivity contribution in [3.8, 4) is 5.88 Å². The molecule has 1 aliphatic heterocycles. The van der Waals surface area contributed by atoms with Crippen LogP contribution in [0.2, 0.25) is 0 Å². The zero-order valence-corrected chi connectivity index (χ0v) is 6.92. The molecule has 1 amide bonds. The summed E-state index contributed by atoms with van der Waals surface area (Å²) in [4.78, 5) is 24.3. The molecule has 1 aromatic rings. The predicted octanol–water partition coefficient (Wildman–Crippen LogP) is -0.115. The van der Waals surface area contributed by atoms with E-state index < -0.39 is 5.56 Å². The molecule has 1 unspecified atom stereocenters. The number of aromatic nitrogens is 1. The summed E-state index contributed by atoms with van der Waals surface area (Å²) >= 11 is 0. The second-order valence-electron chi connectivity index (χ2n) is 3.00. The highest BCUT2D eigenvalue weighted by Gasteiger charge is 2.28. The van der Waals surface area contributed by atoms with Gasteiger partial charge in [-0.1, -0.05) is 0 Å². The van der Waals surface area contributed by atoms with Crippen LogP contribution in [0.15, 0.2) is 10.9 Å². The van der Waals surface area contributed by atoms with Crippen LogP contribution in [0.3, 0.4) is 0 Å². The van der Waals surface area contributed by atoms with Crippen LogP contribution in [0, 0.1) is 0 Å². The van der Waals surface area contributed by atoms with Crippen LogP contribution >= 0.6 is 0 Å². The van der Waals surface area contributed by atoms with Crippen LogP contribution in [0.25, 0.3) is 0 Å². The standard InChI is InChI=1S/C8H8N2O3/c1-3-6-4(7(12)9-3)2-5(11)10-8(6)13/h2-3H,1H3,(H,9,12)(H2,10,11,13). The number of hydrogen-bond donors (Lipinski definition) is 3. The van der Waals surface area contributed by atoms with Gasteiger partial charge in [0.1, 0.15) is 0 Å². The number of rotatable bonds is 0. The molecule has 0 saturated heterocycles. The van der Waals surface area contributed by atoms with E-state index in [1.807, 2.05) is 0 Å². The van der Waals surface area contributed by atoms with Crippen LogP contribution in [0.1, 0.15) is 28.9 Å². The smallest absolute Gasteiger partial charge is 0.252 e. The van der Waals surface area contributed by atoms with E-state index in [1.54, 1.807) is 6.92 Å². The fraction of sp³-hybridized carbons (Fsp3) is 0.250. The molecule has 0 saturated carbocycles. The van der Waals surface area contributed by atoms with Crippen molar-refractivity contribution in [1.82, 2.24) is 10.3 Å². The van der Waals surface area contributed by atoms with Gasteiger partial charge in [-0.25, -0.2) is 0 Å². The predicted molar refractivity (Wildman–Crippen MR) is 44.6 cm³/mol. The molecule has 1 aromatic heterocycles. The Bertz CT molecular complexity index is 436. The van der Waals surface area contributed by atoms with Gasteiger partial charge < -0.3 is 10.4 Å². The Kier molecular flexibility index (Phi) is 1.42. The second kappa shape index (κ2) is 2.35. The first-order chi connectivity index (χ1) is 6.09. The molecule has 3 N–H and O–H groups in total. The maximum Gasteiger partial charge on any atom is 0.252 e. The van der Waals surface area contributed by atoms with Crippen molar-refractivity contribution in [3.63, 3.8) is 0 Å². The summed E-state index contributed by atoms with van der Waals surface area (Å²) in [6.45, 7) is 1.74. The summed E-state index contributed by atoms with van der Waals surface area (Å²) in [5, 5.41) is 11.9. The summed E-state index contributed by atoms with van der Waals surface area (Å²) in [7, 11) is 0. The number of fused-ring (bicyclic) bond motifs is 1. The minimum absolute atomic E-state index is 0.228. The average molecular weight is 180 g/mol. The monoisotopic (exact) mass is 180 g/mol. The van der Waals surface area contributed by atoms with Crippen LogP contribution in [-0.4, -0.2) is 16.0 Å². The fourth-order valence-electron chi connectivity index (χ4n) is 1.53. The Labute approximate surface area is 73.4 Å². The highest BCUT2D eigenvalue weighted by Crippen LogP contribution is 2.29. The maximum absolute atomic E-state index is 11.2. The zero-order chi connectivity index (χ0) is 9.59. The van der Waals surface area contributed by atoms with Gasteiger partial charge in [-0.05, 0) is 6.92 Å². The molecule has 0 aliphatic carbocycles. The van der Waals surface area contributed by atoms with E-state index in [0.717, 1.165) is 0 Å². The molecule has 5 nitrogen and oxygen atoms in total. The van der Waals surface area contributed by atoms with E-state index >= 15 is 0 Å². The summed E-state index contributed by atoms with van der Waals surface area (Å²) < 4.78 is 0. The highest BCUT2D eigenvalue weighted by atomic mass is 16.3. The highest BCUT2D eigenvalue weighted by molar-refractivity contribution is 5.99. The maximum atomic E-state index is 11.2. The third-order valence-electron chi connectivity index (χ3n) is 2.09. The van der Waals surface area contributed by atoms with Crippen LogP contribution in [0.4, 0.5) is 0 Å². The Morgan fingerprint density at radius 2 is 2.15 bits per heavy atom. The van der Waals surface area contributed by atoms with Gasteiger partial charge in [-0.3, -0.25) is 14.6 Å². The lowest BCUT2D eigenvalue weighted by molar-refractivity contribution is 0.0958. The summed E-state index contributed by atoms with van der Waals surface area (Å²) in [6, 6.07) is 0.938. The van der Waals surface area contributed by atoms with E-state index in [-0.39, 0.29) is 23.4 Å². The Morgan fingerprint density at radius 3 is 2.85 bits per heavy atom. The Hall–Kier alpha value is -1.78. The third-order valence-corrected chi connectivity index (χ3v) is 2.09. The van der Waals surface area contributed by atoms with Gasteiger partial charge in [-0.2, -0.15) is 0 Å². The number of nitrogens with one attached hydrogen (secondary N) is 2. The largest absolute Gasteiger partial charge is 0.494 e. The third kappa shape index (κ3) is 1.00.